The maximum atomic E-state index is 5.84. The van der Waals surface area contributed by atoms with E-state index < -0.39 is 0 Å². The molecule has 25 heavy (non-hydrogen) atoms. The molecule has 0 radical (unpaired) electrons. The van der Waals surface area contributed by atoms with Gasteiger partial charge < -0.3 is 9.64 Å². The van der Waals surface area contributed by atoms with Crippen molar-refractivity contribution in [1.82, 2.24) is 14.8 Å². The molecule has 0 aliphatic carbocycles. The van der Waals surface area contributed by atoms with Gasteiger partial charge in [-0.3, -0.25) is 9.88 Å². The number of ether oxygens (including phenoxy) is 1. The molecule has 1 aromatic carbocycles. The van der Waals surface area contributed by atoms with Crippen molar-refractivity contribution in [3.63, 3.8) is 0 Å². The van der Waals surface area contributed by atoms with Gasteiger partial charge >= 0.3 is 0 Å². The Morgan fingerprint density at radius 3 is 2.72 bits per heavy atom. The second-order valence-electron chi connectivity index (χ2n) is 7.50. The summed E-state index contributed by atoms with van der Waals surface area (Å²) in [4.78, 5) is 9.48. The molecule has 0 N–H and O–H groups in total. The van der Waals surface area contributed by atoms with Crippen molar-refractivity contribution in [3.8, 4) is 5.75 Å². The Bertz CT molecular complexity index is 673. The van der Waals surface area contributed by atoms with Crippen LogP contribution < -0.4 is 4.74 Å². The number of likely N-dealkylation sites (N-methyl/N-ethyl adjacent to an activating group) is 1. The molecule has 3 fully saturated rings. The first kappa shape index (κ1) is 16.6. The predicted octanol–water partition coefficient (Wildman–Crippen LogP) is 3.19. The summed E-state index contributed by atoms with van der Waals surface area (Å²) in [6.45, 7) is 5.28. The van der Waals surface area contributed by atoms with E-state index >= 15 is 0 Å². The molecule has 3 aliphatic rings. The van der Waals surface area contributed by atoms with Crippen molar-refractivity contribution in [2.75, 3.05) is 26.7 Å². The minimum absolute atomic E-state index is 0.516. The van der Waals surface area contributed by atoms with E-state index in [9.17, 15) is 0 Å². The van der Waals surface area contributed by atoms with Gasteiger partial charge in [-0.1, -0.05) is 18.2 Å². The first-order valence-corrected chi connectivity index (χ1v) is 9.30. The van der Waals surface area contributed by atoms with Crippen LogP contribution in [0.3, 0.4) is 0 Å². The minimum atomic E-state index is 0.516. The minimum Gasteiger partial charge on any atom is -0.487 e. The number of hydrogen-bond acceptors (Lipinski definition) is 4. The average Bonchev–Trinajstić information content (AvgIpc) is 2.91. The third kappa shape index (κ3) is 4.20. The van der Waals surface area contributed by atoms with Crippen LogP contribution in [-0.4, -0.2) is 47.5 Å². The van der Waals surface area contributed by atoms with Crippen LogP contribution in [0.25, 0.3) is 0 Å². The molecule has 2 atom stereocenters. The summed E-state index contributed by atoms with van der Waals surface area (Å²) >= 11 is 0. The van der Waals surface area contributed by atoms with E-state index in [1.165, 1.54) is 38.0 Å². The van der Waals surface area contributed by atoms with Gasteiger partial charge in [0.05, 0.1) is 5.69 Å². The van der Waals surface area contributed by atoms with Crippen LogP contribution in [0.2, 0.25) is 0 Å². The molecular weight excluding hydrogens is 310 g/mol. The number of pyridine rings is 1. The maximum absolute atomic E-state index is 5.84. The highest BCUT2D eigenvalue weighted by Crippen LogP contribution is 2.28. The normalized spacial score (nSPS) is 24.2. The van der Waals surface area contributed by atoms with Crippen molar-refractivity contribution in [2.24, 2.45) is 5.92 Å². The zero-order chi connectivity index (χ0) is 17.1. The van der Waals surface area contributed by atoms with Gasteiger partial charge in [0.1, 0.15) is 12.4 Å². The topological polar surface area (TPSA) is 28.6 Å². The molecule has 4 nitrogen and oxygen atoms in total. The molecular formula is C21H27N3O. The number of aromatic nitrogens is 1. The summed E-state index contributed by atoms with van der Waals surface area (Å²) in [5, 5.41) is 0. The quantitative estimate of drug-likeness (QED) is 0.838. The average molecular weight is 337 g/mol. The first-order valence-electron chi connectivity index (χ1n) is 9.30. The van der Waals surface area contributed by atoms with Crippen molar-refractivity contribution >= 4 is 0 Å². The van der Waals surface area contributed by atoms with Crippen LogP contribution in [0.15, 0.2) is 48.7 Å². The number of rotatable bonds is 5. The van der Waals surface area contributed by atoms with Gasteiger partial charge in [0.15, 0.2) is 0 Å². The van der Waals surface area contributed by atoms with Gasteiger partial charge in [-0.25, -0.2) is 0 Å². The smallest absolute Gasteiger partial charge is 0.130 e. The van der Waals surface area contributed by atoms with Crippen LogP contribution in [0, 0.1) is 5.92 Å². The summed E-state index contributed by atoms with van der Waals surface area (Å²) in [5.74, 6) is 1.75. The van der Waals surface area contributed by atoms with E-state index in [-0.39, 0.29) is 0 Å². The molecule has 3 saturated heterocycles. The van der Waals surface area contributed by atoms with Crippen molar-refractivity contribution in [3.05, 3.63) is 59.9 Å². The van der Waals surface area contributed by atoms with Gasteiger partial charge in [-0.2, -0.15) is 0 Å². The molecule has 132 valence electrons. The molecule has 4 heteroatoms. The molecule has 0 unspecified atom stereocenters. The Balaban J connectivity index is 1.34. The summed E-state index contributed by atoms with van der Waals surface area (Å²) in [7, 11) is 2.27. The van der Waals surface area contributed by atoms with E-state index in [1.807, 2.05) is 18.2 Å². The molecule has 1 aromatic heterocycles. The standard InChI is InChI=1S/C21H27N3O/c1-23-12-18-5-8-20(15-23)24(14-18)13-17-6-9-21(10-7-17)25-16-19-4-2-3-11-22-19/h2-4,6-7,9-11,18,20H,5,8,12-16H2,1H3/t18-,20+/m1/s1. The Morgan fingerprint density at radius 1 is 1.04 bits per heavy atom. The number of fused-ring (bicyclic) bond motifs is 4. The van der Waals surface area contributed by atoms with Crippen LogP contribution in [0.4, 0.5) is 0 Å². The Kier molecular flexibility index (Phi) is 4.99. The fourth-order valence-corrected chi connectivity index (χ4v) is 4.17. The number of piperidine rings is 1. The molecule has 0 amide bonds. The Hall–Kier alpha value is -1.91. The van der Waals surface area contributed by atoms with Crippen molar-refractivity contribution in [1.29, 1.82) is 0 Å². The van der Waals surface area contributed by atoms with Gasteiger partial charge in [0.2, 0.25) is 0 Å². The van der Waals surface area contributed by atoms with E-state index in [4.69, 9.17) is 4.74 Å². The lowest BCUT2D eigenvalue weighted by Gasteiger charge is -2.36. The molecule has 2 aromatic rings. The lowest BCUT2D eigenvalue weighted by atomic mass is 9.94. The zero-order valence-corrected chi connectivity index (χ0v) is 15.0. The number of nitrogens with zero attached hydrogens (tertiary/aromatic N) is 3. The largest absolute Gasteiger partial charge is 0.487 e. The fraction of sp³-hybridized carbons (Fsp3) is 0.476. The highest BCUT2D eigenvalue weighted by Gasteiger charge is 2.33. The highest BCUT2D eigenvalue weighted by molar-refractivity contribution is 5.27. The first-order chi connectivity index (χ1) is 12.3. The van der Waals surface area contributed by atoms with Crippen LogP contribution >= 0.6 is 0 Å². The molecule has 0 spiro atoms. The highest BCUT2D eigenvalue weighted by atomic mass is 16.5. The van der Waals surface area contributed by atoms with Gasteiger partial charge in [-0.05, 0) is 55.6 Å². The summed E-state index contributed by atoms with van der Waals surface area (Å²) in [6, 6.07) is 15.2. The van der Waals surface area contributed by atoms with E-state index in [1.54, 1.807) is 6.20 Å². The van der Waals surface area contributed by atoms with E-state index in [2.05, 4.69) is 46.1 Å². The van der Waals surface area contributed by atoms with Crippen LogP contribution in [0.5, 0.6) is 5.75 Å². The van der Waals surface area contributed by atoms with Crippen molar-refractivity contribution < 1.29 is 4.74 Å². The fourth-order valence-electron chi connectivity index (χ4n) is 4.17. The van der Waals surface area contributed by atoms with Crippen LogP contribution in [-0.2, 0) is 13.2 Å². The third-order valence-electron chi connectivity index (χ3n) is 5.43. The Labute approximate surface area is 150 Å². The summed E-state index contributed by atoms with van der Waals surface area (Å²) < 4.78 is 5.84. The summed E-state index contributed by atoms with van der Waals surface area (Å²) in [5.41, 5.74) is 2.33. The molecule has 0 saturated carbocycles. The molecule has 3 aliphatic heterocycles. The lowest BCUT2D eigenvalue weighted by Crippen LogP contribution is -2.43. The number of benzene rings is 1. The second kappa shape index (κ2) is 7.54. The predicted molar refractivity (Wildman–Crippen MR) is 99.4 cm³/mol. The van der Waals surface area contributed by atoms with Crippen LogP contribution in [0.1, 0.15) is 24.1 Å². The molecule has 4 heterocycles. The second-order valence-corrected chi connectivity index (χ2v) is 7.50. The molecule has 5 rings (SSSR count). The monoisotopic (exact) mass is 337 g/mol. The number of hydrogen-bond donors (Lipinski definition) is 0. The van der Waals surface area contributed by atoms with Gasteiger partial charge in [-0.15, -0.1) is 0 Å². The summed E-state index contributed by atoms with van der Waals surface area (Å²) in [6.07, 6.45) is 4.54. The lowest BCUT2D eigenvalue weighted by molar-refractivity contribution is 0.124. The Morgan fingerprint density at radius 2 is 1.92 bits per heavy atom. The van der Waals surface area contributed by atoms with E-state index in [0.717, 1.165) is 23.9 Å². The van der Waals surface area contributed by atoms with Crippen molar-refractivity contribution in [2.45, 2.75) is 32.0 Å². The third-order valence-corrected chi connectivity index (χ3v) is 5.43. The van der Waals surface area contributed by atoms with Gasteiger partial charge in [0, 0.05) is 38.4 Å². The molecule has 2 bridgehead atoms. The SMILES string of the molecule is CN1C[C@H]2CC[C@@H](C1)N(Cc1ccc(OCc3ccccn3)cc1)C2. The van der Waals surface area contributed by atoms with Gasteiger partial charge in [0.25, 0.3) is 0 Å². The van der Waals surface area contributed by atoms with E-state index in [0.29, 0.717) is 12.6 Å². The zero-order valence-electron chi connectivity index (χ0n) is 15.0. The maximum Gasteiger partial charge on any atom is 0.130 e.